The average Bonchev–Trinajstić information content (AvgIpc) is 3.05. The van der Waals surface area contributed by atoms with E-state index in [2.05, 4.69) is 47.4 Å². The summed E-state index contributed by atoms with van der Waals surface area (Å²) in [5, 5.41) is 6.40. The second-order valence-electron chi connectivity index (χ2n) is 6.96. The first-order valence-electron chi connectivity index (χ1n) is 7.61. The average molecular weight is 304 g/mol. The third-order valence-electron chi connectivity index (χ3n) is 4.47. The highest BCUT2D eigenvalue weighted by molar-refractivity contribution is 7.16. The van der Waals surface area contributed by atoms with Gasteiger partial charge in [0.05, 0.1) is 11.9 Å². The highest BCUT2D eigenvalue weighted by atomic mass is 32.1. The van der Waals surface area contributed by atoms with Crippen LogP contribution in [-0.2, 0) is 6.54 Å². The molecule has 1 unspecified atom stereocenters. The molecule has 0 spiro atoms. The van der Waals surface area contributed by atoms with Gasteiger partial charge < -0.3 is 5.32 Å². The van der Waals surface area contributed by atoms with Gasteiger partial charge in [0.1, 0.15) is 16.5 Å². The molecule has 3 rings (SSSR count). The molecular weight excluding hydrogens is 280 g/mol. The number of thiophene rings is 1. The van der Waals surface area contributed by atoms with Gasteiger partial charge in [0.25, 0.3) is 0 Å². The number of likely N-dealkylation sites (tertiary alicyclic amines) is 1. The van der Waals surface area contributed by atoms with Crippen molar-refractivity contribution in [2.45, 2.75) is 33.7 Å². The molecule has 2 aromatic rings. The summed E-state index contributed by atoms with van der Waals surface area (Å²) in [5.41, 5.74) is 0.392. The fourth-order valence-electron chi connectivity index (χ4n) is 3.04. The maximum atomic E-state index is 4.72. The predicted octanol–water partition coefficient (Wildman–Crippen LogP) is 3.60. The highest BCUT2D eigenvalue weighted by Gasteiger charge is 2.31. The van der Waals surface area contributed by atoms with Crippen LogP contribution in [0, 0.1) is 11.3 Å². The highest BCUT2D eigenvalue weighted by Crippen LogP contribution is 2.34. The Morgan fingerprint density at radius 2 is 2.19 bits per heavy atom. The maximum absolute atomic E-state index is 4.72. The van der Waals surface area contributed by atoms with Gasteiger partial charge in [-0.1, -0.05) is 20.8 Å². The van der Waals surface area contributed by atoms with Gasteiger partial charge >= 0.3 is 0 Å². The van der Waals surface area contributed by atoms with Crippen molar-refractivity contribution in [1.82, 2.24) is 14.9 Å². The van der Waals surface area contributed by atoms with Gasteiger partial charge in [-0.3, -0.25) is 4.90 Å². The minimum absolute atomic E-state index is 0.392. The molecule has 3 heterocycles. The lowest BCUT2D eigenvalue weighted by Gasteiger charge is -2.27. The Morgan fingerprint density at radius 1 is 1.38 bits per heavy atom. The number of nitrogens with one attached hydrogen (secondary N) is 1. The van der Waals surface area contributed by atoms with E-state index in [1.807, 2.05) is 7.05 Å². The Labute approximate surface area is 130 Å². The molecule has 5 heteroatoms. The van der Waals surface area contributed by atoms with E-state index in [1.54, 1.807) is 11.3 Å². The fourth-order valence-corrected chi connectivity index (χ4v) is 3.83. The second kappa shape index (κ2) is 5.54. The molecule has 1 aliphatic heterocycles. The lowest BCUT2D eigenvalue weighted by Crippen LogP contribution is -2.26. The predicted molar refractivity (Wildman–Crippen MR) is 89.8 cm³/mol. The summed E-state index contributed by atoms with van der Waals surface area (Å²) in [5.74, 6) is 2.65. The molecule has 2 aromatic heterocycles. The van der Waals surface area contributed by atoms with Crippen LogP contribution in [-0.4, -0.2) is 35.0 Å². The number of hydrogen-bond acceptors (Lipinski definition) is 5. The van der Waals surface area contributed by atoms with Gasteiger partial charge in [-0.25, -0.2) is 9.97 Å². The van der Waals surface area contributed by atoms with E-state index in [9.17, 15) is 0 Å². The second-order valence-corrected chi connectivity index (χ2v) is 7.86. The molecule has 1 saturated heterocycles. The first kappa shape index (κ1) is 14.7. The van der Waals surface area contributed by atoms with Gasteiger partial charge in [-0.2, -0.15) is 0 Å². The van der Waals surface area contributed by atoms with Crippen molar-refractivity contribution in [3.63, 3.8) is 0 Å². The third kappa shape index (κ3) is 3.04. The first-order chi connectivity index (χ1) is 9.97. The summed E-state index contributed by atoms with van der Waals surface area (Å²) in [7, 11) is 1.93. The van der Waals surface area contributed by atoms with E-state index in [0.717, 1.165) is 47.4 Å². The summed E-state index contributed by atoms with van der Waals surface area (Å²) < 4.78 is 0. The molecule has 0 aromatic carbocycles. The molecule has 114 valence electrons. The molecule has 0 radical (unpaired) electrons. The number of fused-ring (bicyclic) bond motifs is 1. The monoisotopic (exact) mass is 304 g/mol. The molecule has 0 amide bonds. The topological polar surface area (TPSA) is 41.1 Å². The van der Waals surface area contributed by atoms with Crippen LogP contribution in [0.5, 0.6) is 0 Å². The van der Waals surface area contributed by atoms with Crippen molar-refractivity contribution in [2.24, 2.45) is 11.3 Å². The smallest absolute Gasteiger partial charge is 0.146 e. The van der Waals surface area contributed by atoms with Crippen LogP contribution in [0.25, 0.3) is 10.2 Å². The molecule has 0 aliphatic carbocycles. The van der Waals surface area contributed by atoms with Crippen molar-refractivity contribution in [1.29, 1.82) is 0 Å². The van der Waals surface area contributed by atoms with Crippen LogP contribution >= 0.6 is 11.3 Å². The first-order valence-corrected chi connectivity index (χ1v) is 8.49. The van der Waals surface area contributed by atoms with Gasteiger partial charge in [0.2, 0.25) is 0 Å². The molecule has 1 aliphatic rings. The Balaban J connectivity index is 1.77. The molecular formula is C16H24N4S. The minimum atomic E-state index is 0.392. The number of nitrogens with zero attached hydrogens (tertiary/aromatic N) is 3. The van der Waals surface area contributed by atoms with E-state index >= 15 is 0 Å². The number of rotatable bonds is 3. The van der Waals surface area contributed by atoms with Gasteiger partial charge in [0, 0.05) is 13.6 Å². The van der Waals surface area contributed by atoms with Crippen LogP contribution in [0.2, 0.25) is 0 Å². The van der Waals surface area contributed by atoms with Crippen LogP contribution < -0.4 is 5.32 Å². The Hall–Kier alpha value is -1.20. The zero-order chi connectivity index (χ0) is 15.0. The van der Waals surface area contributed by atoms with E-state index in [-0.39, 0.29) is 0 Å². The van der Waals surface area contributed by atoms with Crippen molar-refractivity contribution < 1.29 is 0 Å². The summed E-state index contributed by atoms with van der Waals surface area (Å²) in [6.45, 7) is 10.2. The zero-order valence-corrected chi connectivity index (χ0v) is 14.1. The lowest BCUT2D eigenvalue weighted by atomic mass is 9.80. The maximum Gasteiger partial charge on any atom is 0.146 e. The largest absolute Gasteiger partial charge is 0.372 e. The van der Waals surface area contributed by atoms with Gasteiger partial charge in [0.15, 0.2) is 0 Å². The van der Waals surface area contributed by atoms with Crippen LogP contribution in [0.15, 0.2) is 11.4 Å². The van der Waals surface area contributed by atoms with E-state index in [0.29, 0.717) is 5.41 Å². The van der Waals surface area contributed by atoms with Crippen LogP contribution in [0.4, 0.5) is 5.82 Å². The normalized spacial score (nSPS) is 20.3. The Morgan fingerprint density at radius 3 is 2.86 bits per heavy atom. The van der Waals surface area contributed by atoms with Crippen molar-refractivity contribution in [3.8, 4) is 0 Å². The van der Waals surface area contributed by atoms with Gasteiger partial charge in [-0.05, 0) is 35.7 Å². The lowest BCUT2D eigenvalue weighted by molar-refractivity contribution is 0.224. The minimum Gasteiger partial charge on any atom is -0.372 e. The fraction of sp³-hybridized carbons (Fsp3) is 0.625. The third-order valence-corrected chi connectivity index (χ3v) is 5.28. The summed E-state index contributed by atoms with van der Waals surface area (Å²) in [6.07, 6.45) is 1.28. The van der Waals surface area contributed by atoms with Crippen LogP contribution in [0.1, 0.15) is 33.0 Å². The van der Waals surface area contributed by atoms with E-state index < -0.39 is 0 Å². The molecule has 1 fully saturated rings. The van der Waals surface area contributed by atoms with Crippen molar-refractivity contribution in [3.05, 3.63) is 17.3 Å². The number of hydrogen-bond donors (Lipinski definition) is 1. The number of anilines is 1. The van der Waals surface area contributed by atoms with Crippen molar-refractivity contribution in [2.75, 3.05) is 25.5 Å². The molecule has 0 saturated carbocycles. The summed E-state index contributed by atoms with van der Waals surface area (Å²) in [4.78, 5) is 13.0. The summed E-state index contributed by atoms with van der Waals surface area (Å²) in [6, 6.07) is 2.08. The zero-order valence-electron chi connectivity index (χ0n) is 13.3. The van der Waals surface area contributed by atoms with E-state index in [1.165, 1.54) is 6.42 Å². The standard InChI is InChI=1S/C16H24N4S/c1-16(2,3)11-5-7-20(9-11)10-13-18-14(17-4)12-6-8-21-15(12)19-13/h6,8,11H,5,7,9-10H2,1-4H3,(H,17,18,19). The Kier molecular flexibility index (Phi) is 3.88. The number of aromatic nitrogens is 2. The molecule has 21 heavy (non-hydrogen) atoms. The van der Waals surface area contributed by atoms with Crippen molar-refractivity contribution >= 4 is 27.4 Å². The quantitative estimate of drug-likeness (QED) is 0.940. The Bertz CT molecular complexity index is 629. The molecule has 4 nitrogen and oxygen atoms in total. The van der Waals surface area contributed by atoms with Gasteiger partial charge in [-0.15, -0.1) is 11.3 Å². The summed E-state index contributed by atoms with van der Waals surface area (Å²) >= 11 is 1.68. The SMILES string of the molecule is CNc1nc(CN2CCC(C(C)(C)C)C2)nc2sccc12. The molecule has 0 bridgehead atoms. The molecule has 1 atom stereocenters. The van der Waals surface area contributed by atoms with Crippen LogP contribution in [0.3, 0.4) is 0 Å². The molecule has 1 N–H and O–H groups in total. The van der Waals surface area contributed by atoms with E-state index in [4.69, 9.17) is 4.98 Å².